The van der Waals surface area contributed by atoms with E-state index in [-0.39, 0.29) is 0 Å². The topological polar surface area (TPSA) is 43.8 Å². The number of aromatic nitrogens is 2. The lowest BCUT2D eigenvalue weighted by Crippen LogP contribution is -2.04. The Labute approximate surface area is 115 Å². The first-order chi connectivity index (χ1) is 8.68. The third kappa shape index (κ3) is 1.78. The molecule has 1 aromatic heterocycles. The Kier molecular flexibility index (Phi) is 2.96. The summed E-state index contributed by atoms with van der Waals surface area (Å²) in [5, 5.41) is 5.58. The van der Waals surface area contributed by atoms with Crippen LogP contribution >= 0.6 is 23.2 Å². The third-order valence-corrected chi connectivity index (χ3v) is 4.17. The minimum absolute atomic E-state index is 0.491. The van der Waals surface area contributed by atoms with Gasteiger partial charge in [-0.3, -0.25) is 0 Å². The predicted octanol–water partition coefficient (Wildman–Crippen LogP) is 3.64. The van der Waals surface area contributed by atoms with Crippen LogP contribution in [0.1, 0.15) is 24.1 Å². The smallest absolute Gasteiger partial charge is 0.130 e. The van der Waals surface area contributed by atoms with Gasteiger partial charge < -0.3 is 5.73 Å². The van der Waals surface area contributed by atoms with Crippen molar-refractivity contribution in [2.75, 3.05) is 5.73 Å². The van der Waals surface area contributed by atoms with E-state index in [2.05, 4.69) is 5.10 Å². The molecular formula is C13H13Cl2N3. The second kappa shape index (κ2) is 4.48. The van der Waals surface area contributed by atoms with Crippen molar-refractivity contribution in [3.05, 3.63) is 39.5 Å². The molecule has 1 aliphatic rings. The molecular weight excluding hydrogens is 269 g/mol. The van der Waals surface area contributed by atoms with Crippen molar-refractivity contribution >= 4 is 29.0 Å². The van der Waals surface area contributed by atoms with Crippen LogP contribution in [0.3, 0.4) is 0 Å². The van der Waals surface area contributed by atoms with Crippen molar-refractivity contribution < 1.29 is 0 Å². The number of hydrogen-bond acceptors (Lipinski definition) is 2. The quantitative estimate of drug-likeness (QED) is 0.867. The molecule has 2 aromatic rings. The van der Waals surface area contributed by atoms with Gasteiger partial charge in [0.25, 0.3) is 0 Å². The summed E-state index contributed by atoms with van der Waals surface area (Å²) in [6.07, 6.45) is 4.34. The van der Waals surface area contributed by atoms with E-state index in [1.807, 2.05) is 12.1 Å². The lowest BCUT2D eigenvalue weighted by Gasteiger charge is -2.09. The zero-order chi connectivity index (χ0) is 12.7. The van der Waals surface area contributed by atoms with Gasteiger partial charge in [-0.05, 0) is 37.8 Å². The lowest BCUT2D eigenvalue weighted by molar-refractivity contribution is 0.671. The first kappa shape index (κ1) is 11.9. The van der Waals surface area contributed by atoms with Gasteiger partial charge in [0.1, 0.15) is 5.82 Å². The Hall–Kier alpha value is -1.19. The first-order valence-electron chi connectivity index (χ1n) is 5.99. The molecule has 94 valence electrons. The number of anilines is 1. The molecule has 3 rings (SSSR count). The van der Waals surface area contributed by atoms with Crippen LogP contribution in [-0.4, -0.2) is 9.78 Å². The molecule has 0 bridgehead atoms. The van der Waals surface area contributed by atoms with E-state index in [9.17, 15) is 0 Å². The van der Waals surface area contributed by atoms with E-state index in [1.165, 1.54) is 12.8 Å². The van der Waals surface area contributed by atoms with Crippen molar-refractivity contribution in [3.8, 4) is 5.69 Å². The van der Waals surface area contributed by atoms with E-state index in [4.69, 9.17) is 28.9 Å². The molecule has 18 heavy (non-hydrogen) atoms. The summed E-state index contributed by atoms with van der Waals surface area (Å²) in [5.74, 6) is 0.689. The van der Waals surface area contributed by atoms with E-state index < -0.39 is 0 Å². The number of rotatable bonds is 1. The van der Waals surface area contributed by atoms with E-state index in [0.717, 1.165) is 29.8 Å². The summed E-state index contributed by atoms with van der Waals surface area (Å²) in [7, 11) is 0. The number of halogens is 2. The number of nitrogens with zero attached hydrogens (tertiary/aromatic N) is 2. The minimum Gasteiger partial charge on any atom is -0.383 e. The molecule has 1 aromatic carbocycles. The fraction of sp³-hybridized carbons (Fsp3) is 0.308. The van der Waals surface area contributed by atoms with Crippen molar-refractivity contribution in [1.29, 1.82) is 0 Å². The summed E-state index contributed by atoms with van der Waals surface area (Å²) in [6, 6.07) is 5.49. The molecule has 0 radical (unpaired) electrons. The van der Waals surface area contributed by atoms with Gasteiger partial charge in [-0.2, -0.15) is 5.10 Å². The standard InChI is InChI=1S/C13H13Cl2N3/c14-9-5-3-7-11(12(9)15)18-13(16)8-4-1-2-6-10(8)17-18/h3,5,7H,1-2,4,6,16H2. The monoisotopic (exact) mass is 281 g/mol. The number of nitrogens with two attached hydrogens (primary N) is 1. The Morgan fingerprint density at radius 2 is 1.94 bits per heavy atom. The normalized spacial score (nSPS) is 14.6. The van der Waals surface area contributed by atoms with Crippen molar-refractivity contribution in [1.82, 2.24) is 9.78 Å². The van der Waals surface area contributed by atoms with Gasteiger partial charge in [0.2, 0.25) is 0 Å². The second-order valence-corrected chi connectivity index (χ2v) is 5.29. The summed E-state index contributed by atoms with van der Waals surface area (Å²) in [6.45, 7) is 0. The predicted molar refractivity (Wildman–Crippen MR) is 74.6 cm³/mol. The Morgan fingerprint density at radius 3 is 2.72 bits per heavy atom. The van der Waals surface area contributed by atoms with Crippen LogP contribution < -0.4 is 5.73 Å². The SMILES string of the molecule is Nc1c2c(nn1-c1cccc(Cl)c1Cl)CCCC2. The minimum atomic E-state index is 0.491. The number of benzene rings is 1. The lowest BCUT2D eigenvalue weighted by atomic mass is 9.98. The van der Waals surface area contributed by atoms with Crippen LogP contribution in [0.4, 0.5) is 5.82 Å². The fourth-order valence-corrected chi connectivity index (χ4v) is 2.79. The highest BCUT2D eigenvalue weighted by atomic mass is 35.5. The molecule has 1 heterocycles. The van der Waals surface area contributed by atoms with Crippen LogP contribution in [-0.2, 0) is 12.8 Å². The highest BCUT2D eigenvalue weighted by molar-refractivity contribution is 6.43. The maximum absolute atomic E-state index is 6.21. The van der Waals surface area contributed by atoms with Crippen LogP contribution in [0.5, 0.6) is 0 Å². The van der Waals surface area contributed by atoms with Crippen LogP contribution in [0.25, 0.3) is 5.69 Å². The number of fused-ring (bicyclic) bond motifs is 1. The number of aryl methyl sites for hydroxylation is 1. The van der Waals surface area contributed by atoms with E-state index >= 15 is 0 Å². The van der Waals surface area contributed by atoms with Crippen molar-refractivity contribution in [2.24, 2.45) is 0 Å². The van der Waals surface area contributed by atoms with Gasteiger partial charge in [0.05, 0.1) is 21.4 Å². The summed E-state index contributed by atoms with van der Waals surface area (Å²) >= 11 is 12.2. The largest absolute Gasteiger partial charge is 0.383 e. The van der Waals surface area contributed by atoms with Crippen molar-refractivity contribution in [3.63, 3.8) is 0 Å². The second-order valence-electron chi connectivity index (χ2n) is 4.50. The molecule has 0 unspecified atom stereocenters. The molecule has 0 spiro atoms. The van der Waals surface area contributed by atoms with Crippen LogP contribution in [0.2, 0.25) is 10.0 Å². The summed E-state index contributed by atoms with van der Waals surface area (Å²) < 4.78 is 1.71. The molecule has 0 atom stereocenters. The third-order valence-electron chi connectivity index (χ3n) is 3.36. The summed E-state index contributed by atoms with van der Waals surface area (Å²) in [4.78, 5) is 0. The Bertz CT molecular complexity index is 605. The Morgan fingerprint density at radius 1 is 1.17 bits per heavy atom. The van der Waals surface area contributed by atoms with E-state index in [0.29, 0.717) is 15.9 Å². The zero-order valence-electron chi connectivity index (χ0n) is 9.79. The average molecular weight is 282 g/mol. The van der Waals surface area contributed by atoms with Gasteiger partial charge in [0, 0.05) is 5.56 Å². The molecule has 0 amide bonds. The molecule has 3 nitrogen and oxygen atoms in total. The molecule has 5 heteroatoms. The molecule has 0 aliphatic heterocycles. The summed E-state index contributed by atoms with van der Waals surface area (Å²) in [5.41, 5.74) is 9.18. The Balaban J connectivity index is 2.17. The van der Waals surface area contributed by atoms with Gasteiger partial charge in [-0.25, -0.2) is 4.68 Å². The van der Waals surface area contributed by atoms with Crippen LogP contribution in [0, 0.1) is 0 Å². The van der Waals surface area contributed by atoms with Gasteiger partial charge in [-0.1, -0.05) is 29.3 Å². The highest BCUT2D eigenvalue weighted by Crippen LogP contribution is 2.33. The molecule has 2 N–H and O–H groups in total. The van der Waals surface area contributed by atoms with Gasteiger partial charge in [-0.15, -0.1) is 0 Å². The molecule has 0 fully saturated rings. The zero-order valence-corrected chi connectivity index (χ0v) is 11.3. The van der Waals surface area contributed by atoms with Gasteiger partial charge >= 0.3 is 0 Å². The fourth-order valence-electron chi connectivity index (χ4n) is 2.42. The maximum atomic E-state index is 6.21. The molecule has 0 saturated heterocycles. The molecule has 1 aliphatic carbocycles. The number of hydrogen-bond donors (Lipinski definition) is 1. The number of nitrogen functional groups attached to an aromatic ring is 1. The average Bonchev–Trinajstić information content (AvgIpc) is 2.71. The maximum Gasteiger partial charge on any atom is 0.130 e. The highest BCUT2D eigenvalue weighted by Gasteiger charge is 2.20. The van der Waals surface area contributed by atoms with Crippen LogP contribution in [0.15, 0.2) is 18.2 Å². The van der Waals surface area contributed by atoms with E-state index in [1.54, 1.807) is 10.7 Å². The first-order valence-corrected chi connectivity index (χ1v) is 6.74. The van der Waals surface area contributed by atoms with Gasteiger partial charge in [0.15, 0.2) is 0 Å². The van der Waals surface area contributed by atoms with Crippen molar-refractivity contribution in [2.45, 2.75) is 25.7 Å². The molecule has 0 saturated carbocycles.